The average molecular weight is 224 g/mol. The zero-order valence-electron chi connectivity index (χ0n) is 9.21. The lowest BCUT2D eigenvalue weighted by molar-refractivity contribution is 0.244. The van der Waals surface area contributed by atoms with E-state index < -0.39 is 0 Å². The number of ether oxygens (including phenoxy) is 1. The summed E-state index contributed by atoms with van der Waals surface area (Å²) >= 11 is 0. The first-order valence-electron chi connectivity index (χ1n) is 5.56. The molecule has 0 amide bonds. The van der Waals surface area contributed by atoms with Gasteiger partial charge in [-0.1, -0.05) is 42.5 Å². The highest BCUT2D eigenvalue weighted by atomic mass is 16.5. The summed E-state index contributed by atoms with van der Waals surface area (Å²) in [5.74, 6) is 1.00. The van der Waals surface area contributed by atoms with Crippen molar-refractivity contribution in [3.8, 4) is 5.75 Å². The summed E-state index contributed by atoms with van der Waals surface area (Å²) in [6.07, 6.45) is 1.52. The number of benzene rings is 2. The molecule has 0 saturated heterocycles. The Labute approximate surface area is 99.8 Å². The van der Waals surface area contributed by atoms with Crippen molar-refractivity contribution in [2.24, 2.45) is 0 Å². The van der Waals surface area contributed by atoms with E-state index in [0.29, 0.717) is 0 Å². The van der Waals surface area contributed by atoms with Gasteiger partial charge in [-0.25, -0.2) is 0 Å². The van der Waals surface area contributed by atoms with Crippen LogP contribution in [0.1, 0.15) is 17.2 Å². The molecule has 1 unspecified atom stereocenters. The van der Waals surface area contributed by atoms with Gasteiger partial charge >= 0.3 is 0 Å². The van der Waals surface area contributed by atoms with Gasteiger partial charge in [0.25, 0.3) is 0 Å². The molecule has 0 saturated carbocycles. The summed E-state index contributed by atoms with van der Waals surface area (Å²) < 4.78 is 5.85. The Bertz CT molecular complexity index is 558. The van der Waals surface area contributed by atoms with Crippen LogP contribution in [-0.4, -0.2) is 5.11 Å². The first-order chi connectivity index (χ1) is 8.34. The smallest absolute Gasteiger partial charge is 0.146 e. The molecule has 1 N–H and O–H groups in total. The molecule has 17 heavy (non-hydrogen) atoms. The molecule has 0 fully saturated rings. The summed E-state index contributed by atoms with van der Waals surface area (Å²) in [5.41, 5.74) is 1.79. The first kappa shape index (κ1) is 9.97. The number of hydrogen-bond acceptors (Lipinski definition) is 2. The largest absolute Gasteiger partial charge is 0.507 e. The van der Waals surface area contributed by atoms with Crippen LogP contribution in [0.4, 0.5) is 0 Å². The van der Waals surface area contributed by atoms with Crippen LogP contribution in [-0.2, 0) is 0 Å². The van der Waals surface area contributed by atoms with Crippen LogP contribution >= 0.6 is 0 Å². The summed E-state index contributed by atoms with van der Waals surface area (Å²) in [7, 11) is 0. The quantitative estimate of drug-likeness (QED) is 0.800. The van der Waals surface area contributed by atoms with Crippen LogP contribution < -0.4 is 4.74 Å². The van der Waals surface area contributed by atoms with Crippen LogP contribution in [0.5, 0.6) is 5.75 Å². The monoisotopic (exact) mass is 224 g/mol. The number of para-hydroxylation sites is 1. The molecule has 0 spiro atoms. The summed E-state index contributed by atoms with van der Waals surface area (Å²) in [4.78, 5) is 0. The first-order valence-corrected chi connectivity index (χ1v) is 5.56. The summed E-state index contributed by atoms with van der Waals surface area (Å²) in [5, 5.41) is 9.97. The summed E-state index contributed by atoms with van der Waals surface area (Å²) in [6, 6.07) is 17.4. The van der Waals surface area contributed by atoms with Gasteiger partial charge < -0.3 is 9.84 Å². The minimum atomic E-state index is -0.217. The molecule has 0 radical (unpaired) electrons. The molecule has 1 atom stereocenters. The average Bonchev–Trinajstić information content (AvgIpc) is 2.40. The van der Waals surface area contributed by atoms with Gasteiger partial charge in [-0.05, 0) is 17.7 Å². The lowest BCUT2D eigenvalue weighted by Crippen LogP contribution is -2.11. The van der Waals surface area contributed by atoms with Gasteiger partial charge in [0.1, 0.15) is 17.6 Å². The van der Waals surface area contributed by atoms with Crippen molar-refractivity contribution in [2.75, 3.05) is 0 Å². The van der Waals surface area contributed by atoms with Gasteiger partial charge in [0.2, 0.25) is 0 Å². The topological polar surface area (TPSA) is 29.5 Å². The minimum absolute atomic E-state index is 0.217. The van der Waals surface area contributed by atoms with Crippen molar-refractivity contribution in [1.82, 2.24) is 0 Å². The van der Waals surface area contributed by atoms with Gasteiger partial charge in [-0.2, -0.15) is 0 Å². The molecule has 2 nitrogen and oxygen atoms in total. The van der Waals surface area contributed by atoms with Crippen molar-refractivity contribution in [1.29, 1.82) is 0 Å². The van der Waals surface area contributed by atoms with E-state index in [2.05, 4.69) is 0 Å². The van der Waals surface area contributed by atoms with Crippen molar-refractivity contribution in [2.45, 2.75) is 6.10 Å². The Kier molecular flexibility index (Phi) is 2.33. The Hall–Kier alpha value is -2.22. The maximum atomic E-state index is 9.97. The molecular formula is C15H12O2. The minimum Gasteiger partial charge on any atom is -0.507 e. The van der Waals surface area contributed by atoms with Crippen LogP contribution in [0.25, 0.3) is 5.76 Å². The van der Waals surface area contributed by atoms with Gasteiger partial charge in [0.05, 0.1) is 5.56 Å². The number of aliphatic hydroxyl groups is 1. The lowest BCUT2D eigenvalue weighted by Gasteiger charge is -2.23. The number of aliphatic hydroxyl groups excluding tert-OH is 1. The Morgan fingerprint density at radius 2 is 1.59 bits per heavy atom. The van der Waals surface area contributed by atoms with E-state index in [1.807, 2.05) is 54.6 Å². The van der Waals surface area contributed by atoms with Crippen molar-refractivity contribution >= 4 is 5.76 Å². The molecule has 2 aromatic carbocycles. The molecule has 3 rings (SSSR count). The molecule has 0 bridgehead atoms. The van der Waals surface area contributed by atoms with Crippen molar-refractivity contribution in [3.63, 3.8) is 0 Å². The van der Waals surface area contributed by atoms with Crippen LogP contribution in [0.3, 0.4) is 0 Å². The second-order valence-corrected chi connectivity index (χ2v) is 4.00. The van der Waals surface area contributed by atoms with E-state index in [1.54, 1.807) is 6.08 Å². The highest BCUT2D eigenvalue weighted by Crippen LogP contribution is 2.35. The lowest BCUT2D eigenvalue weighted by atomic mass is 10.0. The molecule has 0 aromatic heterocycles. The predicted molar refractivity (Wildman–Crippen MR) is 66.9 cm³/mol. The second-order valence-electron chi connectivity index (χ2n) is 4.00. The standard InChI is InChI=1S/C15H12O2/c16-13-10-15(11-6-2-1-3-7-11)17-14-9-5-4-8-12(13)14/h1-10,15-16H. The molecule has 1 aliphatic rings. The molecule has 2 heteroatoms. The Morgan fingerprint density at radius 3 is 2.41 bits per heavy atom. The molecular weight excluding hydrogens is 212 g/mol. The van der Waals surface area contributed by atoms with Crippen molar-refractivity contribution < 1.29 is 9.84 Å². The molecule has 2 aromatic rings. The zero-order valence-corrected chi connectivity index (χ0v) is 9.21. The highest BCUT2D eigenvalue weighted by Gasteiger charge is 2.20. The van der Waals surface area contributed by atoms with E-state index in [9.17, 15) is 5.11 Å². The Morgan fingerprint density at radius 1 is 0.882 bits per heavy atom. The molecule has 1 heterocycles. The molecule has 84 valence electrons. The molecule has 0 aliphatic carbocycles. The van der Waals surface area contributed by atoms with Crippen molar-refractivity contribution in [3.05, 3.63) is 71.8 Å². The van der Waals surface area contributed by atoms with E-state index in [4.69, 9.17) is 4.74 Å². The fourth-order valence-corrected chi connectivity index (χ4v) is 1.99. The van der Waals surface area contributed by atoms with E-state index in [1.165, 1.54) is 0 Å². The van der Waals surface area contributed by atoms with Gasteiger partial charge in [0.15, 0.2) is 0 Å². The number of fused-ring (bicyclic) bond motifs is 1. The summed E-state index contributed by atoms with van der Waals surface area (Å²) in [6.45, 7) is 0. The third kappa shape index (κ3) is 1.78. The van der Waals surface area contributed by atoms with Crippen LogP contribution in [0.15, 0.2) is 60.7 Å². The fourth-order valence-electron chi connectivity index (χ4n) is 1.99. The van der Waals surface area contributed by atoms with Crippen LogP contribution in [0.2, 0.25) is 0 Å². The SMILES string of the molecule is OC1=CC(c2ccccc2)Oc2ccccc21. The fraction of sp³-hybridized carbons (Fsp3) is 0.0667. The zero-order chi connectivity index (χ0) is 11.7. The van der Waals surface area contributed by atoms with E-state index in [0.717, 1.165) is 16.9 Å². The third-order valence-corrected chi connectivity index (χ3v) is 2.85. The number of hydrogen-bond donors (Lipinski definition) is 1. The Balaban J connectivity index is 2.02. The van der Waals surface area contributed by atoms with Gasteiger partial charge in [0, 0.05) is 6.08 Å². The van der Waals surface area contributed by atoms with Gasteiger partial charge in [-0.15, -0.1) is 0 Å². The van der Waals surface area contributed by atoms with Gasteiger partial charge in [-0.3, -0.25) is 0 Å². The highest BCUT2D eigenvalue weighted by molar-refractivity contribution is 5.67. The van der Waals surface area contributed by atoms with E-state index in [-0.39, 0.29) is 11.9 Å². The molecule has 1 aliphatic heterocycles. The maximum absolute atomic E-state index is 9.97. The normalized spacial score (nSPS) is 17.9. The number of rotatable bonds is 1. The van der Waals surface area contributed by atoms with Crippen LogP contribution in [0, 0.1) is 0 Å². The predicted octanol–water partition coefficient (Wildman–Crippen LogP) is 3.72. The third-order valence-electron chi connectivity index (χ3n) is 2.85. The van der Waals surface area contributed by atoms with E-state index >= 15 is 0 Å². The second kappa shape index (κ2) is 3.98. The maximum Gasteiger partial charge on any atom is 0.146 e.